The van der Waals surface area contributed by atoms with Crippen LogP contribution in [0.3, 0.4) is 0 Å². The summed E-state index contributed by atoms with van der Waals surface area (Å²) >= 11 is 0. The van der Waals surface area contributed by atoms with Crippen LogP contribution in [0.25, 0.3) is 0 Å². The fraction of sp³-hybridized carbons (Fsp3) is 0.800. The molecule has 0 aliphatic carbocycles. The van der Waals surface area contributed by atoms with E-state index in [9.17, 15) is 9.59 Å². The minimum Gasteiger partial charge on any atom is -0.346 e. The Balaban J connectivity index is 0.00000225. The van der Waals surface area contributed by atoms with Crippen LogP contribution in [0.15, 0.2) is 0 Å². The largest absolute Gasteiger partial charge is 0.346 e. The Labute approximate surface area is 102 Å². The van der Waals surface area contributed by atoms with E-state index in [0.29, 0.717) is 5.92 Å². The van der Waals surface area contributed by atoms with Crippen LogP contribution in [0, 0.1) is 5.92 Å². The number of nitrogens with two attached hydrogens (primary N) is 1. The van der Waals surface area contributed by atoms with Gasteiger partial charge in [0.1, 0.15) is 0 Å². The Morgan fingerprint density at radius 3 is 2.50 bits per heavy atom. The van der Waals surface area contributed by atoms with Gasteiger partial charge >= 0.3 is 0 Å². The van der Waals surface area contributed by atoms with E-state index in [1.807, 2.05) is 11.8 Å². The zero-order chi connectivity index (χ0) is 11.4. The third kappa shape index (κ3) is 3.98. The van der Waals surface area contributed by atoms with Gasteiger partial charge in [-0.2, -0.15) is 0 Å². The first-order valence-corrected chi connectivity index (χ1v) is 5.30. The standard InChI is InChI=1S/C10H19N3O2.ClH/c1-7-3-8(2)13(6-7)10(15)5-12-9(14)4-11;/h7-8H,3-6,11H2,1-2H3,(H,12,14);1H. The SMILES string of the molecule is CC1CC(C)N(C(=O)CNC(=O)CN)C1.Cl. The third-order valence-electron chi connectivity index (χ3n) is 2.73. The van der Waals surface area contributed by atoms with E-state index in [-0.39, 0.29) is 43.4 Å². The molecule has 1 heterocycles. The first kappa shape index (κ1) is 15.2. The molecule has 5 nitrogen and oxygen atoms in total. The minimum absolute atomic E-state index is 0. The maximum absolute atomic E-state index is 11.7. The van der Waals surface area contributed by atoms with E-state index in [1.165, 1.54) is 0 Å². The Bertz CT molecular complexity index is 260. The fourth-order valence-electron chi connectivity index (χ4n) is 2.00. The molecule has 94 valence electrons. The second kappa shape index (κ2) is 6.70. The van der Waals surface area contributed by atoms with Crippen LogP contribution >= 0.6 is 12.4 Å². The molecular weight excluding hydrogens is 230 g/mol. The number of amides is 2. The van der Waals surface area contributed by atoms with E-state index < -0.39 is 0 Å². The number of hydrogen-bond donors (Lipinski definition) is 2. The Morgan fingerprint density at radius 1 is 1.44 bits per heavy atom. The molecule has 2 amide bonds. The molecule has 1 aliphatic heterocycles. The van der Waals surface area contributed by atoms with Crippen LogP contribution in [-0.4, -0.2) is 42.4 Å². The summed E-state index contributed by atoms with van der Waals surface area (Å²) in [4.78, 5) is 24.4. The monoisotopic (exact) mass is 249 g/mol. The predicted octanol–water partition coefficient (Wildman–Crippen LogP) is -0.260. The van der Waals surface area contributed by atoms with Crippen molar-refractivity contribution in [1.29, 1.82) is 0 Å². The molecule has 0 saturated carbocycles. The van der Waals surface area contributed by atoms with Gasteiger partial charge < -0.3 is 16.0 Å². The van der Waals surface area contributed by atoms with Crippen molar-refractivity contribution in [2.45, 2.75) is 26.3 Å². The molecule has 1 rings (SSSR count). The molecule has 1 aliphatic rings. The van der Waals surface area contributed by atoms with Gasteiger partial charge in [-0.15, -0.1) is 12.4 Å². The molecule has 16 heavy (non-hydrogen) atoms. The summed E-state index contributed by atoms with van der Waals surface area (Å²) in [6, 6.07) is 0.280. The molecule has 1 saturated heterocycles. The van der Waals surface area contributed by atoms with Crippen molar-refractivity contribution in [3.05, 3.63) is 0 Å². The smallest absolute Gasteiger partial charge is 0.242 e. The molecule has 2 unspecified atom stereocenters. The van der Waals surface area contributed by atoms with Crippen molar-refractivity contribution in [2.75, 3.05) is 19.6 Å². The topological polar surface area (TPSA) is 75.4 Å². The van der Waals surface area contributed by atoms with Crippen molar-refractivity contribution in [3.63, 3.8) is 0 Å². The van der Waals surface area contributed by atoms with Gasteiger partial charge in [0, 0.05) is 12.6 Å². The molecule has 1 fully saturated rings. The molecule has 2 atom stereocenters. The van der Waals surface area contributed by atoms with Gasteiger partial charge in [0.05, 0.1) is 13.1 Å². The summed E-state index contributed by atoms with van der Waals surface area (Å²) in [6.07, 6.45) is 1.04. The summed E-state index contributed by atoms with van der Waals surface area (Å²) in [5.41, 5.74) is 5.12. The average Bonchev–Trinajstić information content (AvgIpc) is 2.53. The second-order valence-electron chi connectivity index (χ2n) is 4.22. The van der Waals surface area contributed by atoms with Crippen LogP contribution in [0.4, 0.5) is 0 Å². The highest BCUT2D eigenvalue weighted by Gasteiger charge is 2.29. The van der Waals surface area contributed by atoms with Gasteiger partial charge in [-0.25, -0.2) is 0 Å². The van der Waals surface area contributed by atoms with E-state index in [4.69, 9.17) is 5.73 Å². The zero-order valence-corrected chi connectivity index (χ0v) is 10.5. The van der Waals surface area contributed by atoms with Gasteiger partial charge in [0.25, 0.3) is 0 Å². The van der Waals surface area contributed by atoms with E-state index in [1.54, 1.807) is 0 Å². The van der Waals surface area contributed by atoms with Crippen molar-refractivity contribution in [1.82, 2.24) is 10.2 Å². The Hall–Kier alpha value is -0.810. The molecule has 0 aromatic heterocycles. The molecule has 0 spiro atoms. The first-order valence-electron chi connectivity index (χ1n) is 5.30. The van der Waals surface area contributed by atoms with Gasteiger partial charge in [0.2, 0.25) is 11.8 Å². The van der Waals surface area contributed by atoms with E-state index in [0.717, 1.165) is 13.0 Å². The third-order valence-corrected chi connectivity index (χ3v) is 2.73. The molecule has 6 heteroatoms. The van der Waals surface area contributed by atoms with Crippen LogP contribution in [-0.2, 0) is 9.59 Å². The molecular formula is C10H20ClN3O2. The van der Waals surface area contributed by atoms with Gasteiger partial charge in [-0.3, -0.25) is 9.59 Å². The second-order valence-corrected chi connectivity index (χ2v) is 4.22. The number of rotatable bonds is 3. The summed E-state index contributed by atoms with van der Waals surface area (Å²) in [7, 11) is 0. The maximum Gasteiger partial charge on any atom is 0.242 e. The molecule has 0 radical (unpaired) electrons. The zero-order valence-electron chi connectivity index (χ0n) is 9.73. The lowest BCUT2D eigenvalue weighted by Gasteiger charge is -2.21. The number of hydrogen-bond acceptors (Lipinski definition) is 3. The Kier molecular flexibility index (Phi) is 6.36. The van der Waals surface area contributed by atoms with Crippen LogP contribution in [0.2, 0.25) is 0 Å². The number of halogens is 1. The molecule has 0 aromatic rings. The van der Waals surface area contributed by atoms with Gasteiger partial charge in [0.15, 0.2) is 0 Å². The van der Waals surface area contributed by atoms with E-state index in [2.05, 4.69) is 12.2 Å². The highest BCUT2D eigenvalue weighted by atomic mass is 35.5. The van der Waals surface area contributed by atoms with Crippen molar-refractivity contribution < 1.29 is 9.59 Å². The molecule has 0 aromatic carbocycles. The number of likely N-dealkylation sites (tertiary alicyclic amines) is 1. The van der Waals surface area contributed by atoms with Gasteiger partial charge in [-0.05, 0) is 19.3 Å². The minimum atomic E-state index is -0.289. The fourth-order valence-corrected chi connectivity index (χ4v) is 2.00. The predicted molar refractivity (Wildman–Crippen MR) is 64.3 cm³/mol. The Morgan fingerprint density at radius 2 is 2.06 bits per heavy atom. The summed E-state index contributed by atoms with van der Waals surface area (Å²) in [5.74, 6) is 0.242. The van der Waals surface area contributed by atoms with E-state index >= 15 is 0 Å². The average molecular weight is 250 g/mol. The first-order chi connectivity index (χ1) is 7.04. The lowest BCUT2D eigenvalue weighted by Crippen LogP contribution is -2.43. The van der Waals surface area contributed by atoms with Crippen molar-refractivity contribution in [2.24, 2.45) is 11.7 Å². The lowest BCUT2D eigenvalue weighted by atomic mass is 10.1. The number of nitrogens with one attached hydrogen (secondary N) is 1. The number of carbonyl (C=O) groups excluding carboxylic acids is 2. The maximum atomic E-state index is 11.7. The quantitative estimate of drug-likeness (QED) is 0.724. The van der Waals surface area contributed by atoms with Crippen LogP contribution < -0.4 is 11.1 Å². The molecule has 3 N–H and O–H groups in total. The van der Waals surface area contributed by atoms with Crippen LogP contribution in [0.1, 0.15) is 20.3 Å². The summed E-state index contributed by atoms with van der Waals surface area (Å²) < 4.78 is 0. The number of carbonyl (C=O) groups is 2. The highest BCUT2D eigenvalue weighted by Crippen LogP contribution is 2.21. The van der Waals surface area contributed by atoms with Crippen molar-refractivity contribution >= 4 is 24.2 Å². The van der Waals surface area contributed by atoms with Crippen molar-refractivity contribution in [3.8, 4) is 0 Å². The molecule has 0 bridgehead atoms. The summed E-state index contributed by atoms with van der Waals surface area (Å²) in [5, 5.41) is 2.49. The number of nitrogens with zero attached hydrogens (tertiary/aromatic N) is 1. The summed E-state index contributed by atoms with van der Waals surface area (Å²) in [6.45, 7) is 4.94. The van der Waals surface area contributed by atoms with Gasteiger partial charge in [-0.1, -0.05) is 6.92 Å². The highest BCUT2D eigenvalue weighted by molar-refractivity contribution is 5.86. The van der Waals surface area contributed by atoms with Crippen LogP contribution in [0.5, 0.6) is 0 Å². The normalized spacial score (nSPS) is 23.8. The lowest BCUT2D eigenvalue weighted by molar-refractivity contribution is -0.133.